The van der Waals surface area contributed by atoms with Gasteiger partial charge in [-0.25, -0.2) is 0 Å². The quantitative estimate of drug-likeness (QED) is 0.466. The molecule has 0 amide bonds. The molecule has 18 heavy (non-hydrogen) atoms. The van der Waals surface area contributed by atoms with Gasteiger partial charge in [0.15, 0.2) is 5.78 Å². The molecule has 2 rings (SSSR count). The molecule has 2 nitrogen and oxygen atoms in total. The number of ketones is 1. The van der Waals surface area contributed by atoms with Crippen LogP contribution in [0.3, 0.4) is 0 Å². The monoisotopic (exact) mass is 238 g/mol. The molecule has 0 heterocycles. The van der Waals surface area contributed by atoms with E-state index in [1.54, 1.807) is 24.3 Å². The Kier molecular flexibility index (Phi) is 3.68. The lowest BCUT2D eigenvalue weighted by molar-refractivity contribution is -0.108. The summed E-state index contributed by atoms with van der Waals surface area (Å²) in [5, 5.41) is 0. The first kappa shape index (κ1) is 12.2. The third kappa shape index (κ3) is 2.54. The molecule has 0 fully saturated rings. The summed E-state index contributed by atoms with van der Waals surface area (Å²) in [7, 11) is 0. The number of carbonyl (C=O) groups is 2. The highest BCUT2D eigenvalue weighted by molar-refractivity contribution is 6.09. The van der Waals surface area contributed by atoms with E-state index in [9.17, 15) is 9.59 Å². The number of hydrogen-bond donors (Lipinski definition) is 0. The van der Waals surface area contributed by atoms with Gasteiger partial charge in [0.25, 0.3) is 0 Å². The van der Waals surface area contributed by atoms with Crippen LogP contribution < -0.4 is 0 Å². The Hall–Kier alpha value is -2.22. The van der Waals surface area contributed by atoms with Crippen LogP contribution in [0.25, 0.3) is 0 Å². The van der Waals surface area contributed by atoms with E-state index >= 15 is 0 Å². The van der Waals surface area contributed by atoms with E-state index in [0.717, 1.165) is 11.1 Å². The third-order valence-electron chi connectivity index (χ3n) is 2.91. The number of aryl methyl sites for hydroxylation is 1. The van der Waals surface area contributed by atoms with Gasteiger partial charge in [-0.05, 0) is 12.5 Å². The van der Waals surface area contributed by atoms with Crippen molar-refractivity contribution in [2.24, 2.45) is 0 Å². The highest BCUT2D eigenvalue weighted by atomic mass is 16.1. The summed E-state index contributed by atoms with van der Waals surface area (Å²) in [5.74, 6) is -0.873. The molecule has 0 aromatic heterocycles. The number of hydrogen-bond acceptors (Lipinski definition) is 2. The molecule has 0 aliphatic heterocycles. The van der Waals surface area contributed by atoms with Gasteiger partial charge in [0.2, 0.25) is 0 Å². The Bertz CT molecular complexity index is 541. The molecule has 0 aliphatic rings. The summed E-state index contributed by atoms with van der Waals surface area (Å²) in [4.78, 5) is 23.4. The van der Waals surface area contributed by atoms with E-state index in [1.165, 1.54) is 0 Å². The normalized spacial score (nSPS) is 11.8. The summed E-state index contributed by atoms with van der Waals surface area (Å²) in [5.41, 5.74) is 2.41. The summed E-state index contributed by atoms with van der Waals surface area (Å²) >= 11 is 0. The fraction of sp³-hybridized carbons (Fsp3) is 0.125. The van der Waals surface area contributed by atoms with Gasteiger partial charge in [0, 0.05) is 5.56 Å². The van der Waals surface area contributed by atoms with Crippen molar-refractivity contribution in [2.45, 2.75) is 12.8 Å². The topological polar surface area (TPSA) is 34.1 Å². The van der Waals surface area contributed by atoms with Gasteiger partial charge in [-0.2, -0.15) is 0 Å². The number of benzene rings is 2. The fourth-order valence-electron chi connectivity index (χ4n) is 1.85. The summed E-state index contributed by atoms with van der Waals surface area (Å²) in [6.45, 7) is 1.97. The predicted octanol–water partition coefficient (Wildman–Crippen LogP) is 3.16. The maximum absolute atomic E-state index is 12.2. The maximum Gasteiger partial charge on any atom is 0.177 e. The molecule has 1 unspecified atom stereocenters. The Morgan fingerprint density at radius 3 is 2.17 bits per heavy atom. The number of aldehydes is 1. The zero-order valence-corrected chi connectivity index (χ0v) is 10.2. The molecular formula is C16H14O2. The van der Waals surface area contributed by atoms with Crippen molar-refractivity contribution in [2.75, 3.05) is 0 Å². The first-order valence-electron chi connectivity index (χ1n) is 5.83. The van der Waals surface area contributed by atoms with Gasteiger partial charge in [-0.3, -0.25) is 4.79 Å². The second-order valence-electron chi connectivity index (χ2n) is 4.25. The van der Waals surface area contributed by atoms with Crippen LogP contribution in [0.5, 0.6) is 0 Å². The average molecular weight is 238 g/mol. The van der Waals surface area contributed by atoms with Crippen LogP contribution in [-0.4, -0.2) is 12.1 Å². The van der Waals surface area contributed by atoms with Crippen molar-refractivity contribution >= 4 is 12.1 Å². The minimum Gasteiger partial charge on any atom is -0.302 e. The van der Waals surface area contributed by atoms with Crippen molar-refractivity contribution in [1.82, 2.24) is 0 Å². The summed E-state index contributed by atoms with van der Waals surface area (Å²) < 4.78 is 0. The van der Waals surface area contributed by atoms with Gasteiger partial charge in [0.1, 0.15) is 12.2 Å². The van der Waals surface area contributed by atoms with E-state index in [4.69, 9.17) is 0 Å². The Morgan fingerprint density at radius 2 is 1.61 bits per heavy atom. The van der Waals surface area contributed by atoms with Gasteiger partial charge < -0.3 is 4.79 Å². The Morgan fingerprint density at radius 1 is 1.00 bits per heavy atom. The molecular weight excluding hydrogens is 224 g/mol. The molecule has 0 saturated heterocycles. The van der Waals surface area contributed by atoms with Crippen LogP contribution in [0.4, 0.5) is 0 Å². The standard InChI is InChI=1S/C16H14O2/c1-12-7-9-13(10-8-12)15(11-17)16(18)14-5-3-2-4-6-14/h2-11,15H,1H3. The fourth-order valence-corrected chi connectivity index (χ4v) is 1.85. The van der Waals surface area contributed by atoms with Gasteiger partial charge >= 0.3 is 0 Å². The SMILES string of the molecule is Cc1ccc(C(C=O)C(=O)c2ccccc2)cc1. The molecule has 90 valence electrons. The van der Waals surface area contributed by atoms with Crippen molar-refractivity contribution in [1.29, 1.82) is 0 Å². The lowest BCUT2D eigenvalue weighted by atomic mass is 9.91. The van der Waals surface area contributed by atoms with E-state index in [0.29, 0.717) is 11.8 Å². The molecule has 2 aromatic carbocycles. The first-order chi connectivity index (χ1) is 8.72. The van der Waals surface area contributed by atoms with Gasteiger partial charge in [-0.15, -0.1) is 0 Å². The smallest absolute Gasteiger partial charge is 0.177 e. The Labute approximate surface area is 106 Å². The van der Waals surface area contributed by atoms with Crippen LogP contribution in [-0.2, 0) is 4.79 Å². The number of Topliss-reactive ketones (excluding diaryl/α,β-unsaturated/α-hetero) is 1. The molecule has 1 atom stereocenters. The van der Waals surface area contributed by atoms with Gasteiger partial charge in [-0.1, -0.05) is 60.2 Å². The maximum atomic E-state index is 12.2. The number of carbonyl (C=O) groups excluding carboxylic acids is 2. The largest absolute Gasteiger partial charge is 0.302 e. The number of rotatable bonds is 4. The van der Waals surface area contributed by atoms with Gasteiger partial charge in [0.05, 0.1) is 0 Å². The zero-order chi connectivity index (χ0) is 13.0. The second-order valence-corrected chi connectivity index (χ2v) is 4.25. The van der Waals surface area contributed by atoms with Crippen LogP contribution in [0.15, 0.2) is 54.6 Å². The van der Waals surface area contributed by atoms with Crippen molar-refractivity contribution < 1.29 is 9.59 Å². The van der Waals surface area contributed by atoms with E-state index in [2.05, 4.69) is 0 Å². The van der Waals surface area contributed by atoms with Crippen molar-refractivity contribution in [3.05, 3.63) is 71.3 Å². The summed E-state index contributed by atoms with van der Waals surface area (Å²) in [6, 6.07) is 16.4. The van der Waals surface area contributed by atoms with E-state index in [1.807, 2.05) is 37.3 Å². The van der Waals surface area contributed by atoms with Crippen molar-refractivity contribution in [3.63, 3.8) is 0 Å². The molecule has 0 bridgehead atoms. The second kappa shape index (κ2) is 5.41. The molecule has 0 spiro atoms. The van der Waals surface area contributed by atoms with Crippen molar-refractivity contribution in [3.8, 4) is 0 Å². The minimum absolute atomic E-state index is 0.158. The minimum atomic E-state index is -0.715. The highest BCUT2D eigenvalue weighted by Gasteiger charge is 2.20. The lowest BCUT2D eigenvalue weighted by Crippen LogP contribution is -2.14. The third-order valence-corrected chi connectivity index (χ3v) is 2.91. The van der Waals surface area contributed by atoms with Crippen LogP contribution in [0.2, 0.25) is 0 Å². The average Bonchev–Trinajstić information content (AvgIpc) is 2.42. The zero-order valence-electron chi connectivity index (χ0n) is 10.2. The molecule has 0 saturated carbocycles. The predicted molar refractivity (Wildman–Crippen MR) is 70.8 cm³/mol. The van der Waals surface area contributed by atoms with E-state index in [-0.39, 0.29) is 5.78 Å². The van der Waals surface area contributed by atoms with Crippen LogP contribution in [0.1, 0.15) is 27.4 Å². The molecule has 2 aromatic rings. The molecule has 0 radical (unpaired) electrons. The molecule has 0 aliphatic carbocycles. The molecule has 0 N–H and O–H groups in total. The summed E-state index contributed by atoms with van der Waals surface area (Å²) in [6.07, 6.45) is 0.708. The molecule has 2 heteroatoms. The first-order valence-corrected chi connectivity index (χ1v) is 5.83. The lowest BCUT2D eigenvalue weighted by Gasteiger charge is -2.10. The highest BCUT2D eigenvalue weighted by Crippen LogP contribution is 2.19. The van der Waals surface area contributed by atoms with Crippen LogP contribution in [0, 0.1) is 6.92 Å². The van der Waals surface area contributed by atoms with E-state index < -0.39 is 5.92 Å². The van der Waals surface area contributed by atoms with Crippen LogP contribution >= 0.6 is 0 Å². The Balaban J connectivity index is 2.32.